The highest BCUT2D eigenvalue weighted by molar-refractivity contribution is 7.03. The fourth-order valence-electron chi connectivity index (χ4n) is 0.498. The van der Waals surface area contributed by atoms with E-state index in [-0.39, 0.29) is 0 Å². The maximum atomic E-state index is 3.99. The summed E-state index contributed by atoms with van der Waals surface area (Å²) in [7, 11) is 0. The minimum atomic E-state index is 0.633. The molecule has 0 radical (unpaired) electrons. The molecule has 1 aromatic rings. The molecule has 0 atom stereocenters. The SMILES string of the molecule is CC.CC.CC(C)c1cnsc1. The van der Waals surface area contributed by atoms with Crippen LogP contribution < -0.4 is 0 Å². The number of hydrogen-bond donors (Lipinski definition) is 0. The van der Waals surface area contributed by atoms with Crippen LogP contribution in [0.3, 0.4) is 0 Å². The van der Waals surface area contributed by atoms with E-state index in [1.54, 1.807) is 0 Å². The van der Waals surface area contributed by atoms with Crippen molar-refractivity contribution in [1.82, 2.24) is 4.37 Å². The monoisotopic (exact) mass is 187 g/mol. The first-order valence-electron chi connectivity index (χ1n) is 4.70. The van der Waals surface area contributed by atoms with E-state index in [9.17, 15) is 0 Å². The highest BCUT2D eigenvalue weighted by Crippen LogP contribution is 2.13. The van der Waals surface area contributed by atoms with Crippen LogP contribution in [0.1, 0.15) is 53.0 Å². The molecule has 0 N–H and O–H groups in total. The Hall–Kier alpha value is -0.370. The molecule has 72 valence electrons. The molecule has 0 spiro atoms. The molecule has 0 saturated heterocycles. The zero-order chi connectivity index (χ0) is 9.98. The van der Waals surface area contributed by atoms with E-state index in [1.807, 2.05) is 33.9 Å². The van der Waals surface area contributed by atoms with Gasteiger partial charge in [0.15, 0.2) is 0 Å². The molecule has 12 heavy (non-hydrogen) atoms. The number of rotatable bonds is 1. The maximum Gasteiger partial charge on any atom is 0.0441 e. The van der Waals surface area contributed by atoms with Gasteiger partial charge in [-0.25, -0.2) is 4.37 Å². The molecule has 0 aliphatic heterocycles. The van der Waals surface area contributed by atoms with Crippen molar-refractivity contribution >= 4 is 11.5 Å². The average molecular weight is 187 g/mol. The predicted molar refractivity (Wildman–Crippen MR) is 58.9 cm³/mol. The average Bonchev–Trinajstić information content (AvgIpc) is 2.64. The van der Waals surface area contributed by atoms with Gasteiger partial charge in [-0.2, -0.15) is 0 Å². The summed E-state index contributed by atoms with van der Waals surface area (Å²) in [5, 5.41) is 2.09. The van der Waals surface area contributed by atoms with Crippen molar-refractivity contribution in [1.29, 1.82) is 0 Å². The highest BCUT2D eigenvalue weighted by Gasteiger charge is 1.96. The molecule has 0 aliphatic carbocycles. The topological polar surface area (TPSA) is 12.9 Å². The fraction of sp³-hybridized carbons (Fsp3) is 0.700. The summed E-state index contributed by atoms with van der Waals surface area (Å²) >= 11 is 1.52. The van der Waals surface area contributed by atoms with Crippen molar-refractivity contribution in [2.24, 2.45) is 0 Å². The van der Waals surface area contributed by atoms with Gasteiger partial charge in [-0.15, -0.1) is 0 Å². The Morgan fingerprint density at radius 3 is 1.83 bits per heavy atom. The summed E-state index contributed by atoms with van der Waals surface area (Å²) < 4.78 is 3.99. The highest BCUT2D eigenvalue weighted by atomic mass is 32.1. The quantitative estimate of drug-likeness (QED) is 0.638. The van der Waals surface area contributed by atoms with Crippen LogP contribution in [0.25, 0.3) is 0 Å². The summed E-state index contributed by atoms with van der Waals surface area (Å²) in [6.07, 6.45) is 1.93. The fourth-order valence-corrected chi connectivity index (χ4v) is 1.20. The summed E-state index contributed by atoms with van der Waals surface area (Å²) in [6, 6.07) is 0. The molecule has 0 amide bonds. The summed E-state index contributed by atoms with van der Waals surface area (Å²) in [4.78, 5) is 0. The van der Waals surface area contributed by atoms with Crippen molar-refractivity contribution in [3.8, 4) is 0 Å². The van der Waals surface area contributed by atoms with Crippen LogP contribution in [0, 0.1) is 0 Å². The normalized spacial score (nSPS) is 7.92. The van der Waals surface area contributed by atoms with E-state index in [1.165, 1.54) is 17.1 Å². The Morgan fingerprint density at radius 1 is 1.17 bits per heavy atom. The van der Waals surface area contributed by atoms with Gasteiger partial charge in [0.1, 0.15) is 0 Å². The lowest BCUT2D eigenvalue weighted by atomic mass is 10.1. The first kappa shape index (κ1) is 14.2. The van der Waals surface area contributed by atoms with Crippen LogP contribution in [-0.4, -0.2) is 4.37 Å². The van der Waals surface area contributed by atoms with E-state index in [2.05, 4.69) is 23.6 Å². The Kier molecular flexibility index (Phi) is 12.6. The molecular weight excluding hydrogens is 166 g/mol. The Labute approximate surface area is 81.0 Å². The van der Waals surface area contributed by atoms with Gasteiger partial charge < -0.3 is 0 Å². The first-order valence-corrected chi connectivity index (χ1v) is 5.53. The third kappa shape index (κ3) is 6.35. The first-order chi connectivity index (χ1) is 5.80. The summed E-state index contributed by atoms with van der Waals surface area (Å²) in [5.74, 6) is 0.633. The van der Waals surface area contributed by atoms with Crippen LogP contribution in [0.2, 0.25) is 0 Å². The maximum absolute atomic E-state index is 3.99. The molecule has 1 rings (SSSR count). The van der Waals surface area contributed by atoms with Gasteiger partial charge in [-0.3, -0.25) is 0 Å². The molecule has 0 bridgehead atoms. The van der Waals surface area contributed by atoms with Gasteiger partial charge in [0.2, 0.25) is 0 Å². The lowest BCUT2D eigenvalue weighted by Crippen LogP contribution is -1.79. The Balaban J connectivity index is 0. The second kappa shape index (κ2) is 10.6. The van der Waals surface area contributed by atoms with Crippen LogP contribution >= 0.6 is 11.5 Å². The molecule has 1 heterocycles. The minimum Gasteiger partial charge on any atom is -0.201 e. The lowest BCUT2D eigenvalue weighted by Gasteiger charge is -1.94. The Morgan fingerprint density at radius 2 is 1.67 bits per heavy atom. The van der Waals surface area contributed by atoms with Gasteiger partial charge >= 0.3 is 0 Å². The van der Waals surface area contributed by atoms with Crippen LogP contribution in [-0.2, 0) is 0 Å². The number of nitrogens with zero attached hydrogens (tertiary/aromatic N) is 1. The molecular formula is C10H21NS. The van der Waals surface area contributed by atoms with Crippen molar-refractivity contribution in [2.75, 3.05) is 0 Å². The molecule has 0 fully saturated rings. The minimum absolute atomic E-state index is 0.633. The van der Waals surface area contributed by atoms with Crippen molar-refractivity contribution in [3.63, 3.8) is 0 Å². The van der Waals surface area contributed by atoms with E-state index in [0.717, 1.165) is 0 Å². The third-order valence-electron chi connectivity index (χ3n) is 1.12. The predicted octanol–water partition coefficient (Wildman–Crippen LogP) is 4.32. The zero-order valence-electron chi connectivity index (χ0n) is 9.09. The molecule has 1 nitrogen and oxygen atoms in total. The zero-order valence-corrected chi connectivity index (χ0v) is 9.90. The summed E-state index contributed by atoms with van der Waals surface area (Å²) in [5.41, 5.74) is 1.34. The molecule has 0 aromatic carbocycles. The second-order valence-corrected chi connectivity index (χ2v) is 2.77. The standard InChI is InChI=1S/C6H9NS.2C2H6/c1-5(2)6-3-7-8-4-6;2*1-2/h3-5H,1-2H3;2*1-2H3. The molecule has 2 heteroatoms. The smallest absolute Gasteiger partial charge is 0.0441 e. The van der Waals surface area contributed by atoms with E-state index in [4.69, 9.17) is 0 Å². The van der Waals surface area contributed by atoms with Crippen LogP contribution in [0.15, 0.2) is 11.6 Å². The molecule has 0 aliphatic rings. The van der Waals surface area contributed by atoms with E-state index < -0.39 is 0 Å². The van der Waals surface area contributed by atoms with E-state index in [0.29, 0.717) is 5.92 Å². The molecule has 1 aromatic heterocycles. The van der Waals surface area contributed by atoms with E-state index >= 15 is 0 Å². The number of hydrogen-bond acceptors (Lipinski definition) is 2. The Bertz CT molecular complexity index is 145. The van der Waals surface area contributed by atoms with Gasteiger partial charge in [0.05, 0.1) is 0 Å². The van der Waals surface area contributed by atoms with Crippen molar-refractivity contribution in [2.45, 2.75) is 47.5 Å². The van der Waals surface area contributed by atoms with Crippen molar-refractivity contribution < 1.29 is 0 Å². The van der Waals surface area contributed by atoms with Gasteiger partial charge in [-0.05, 0) is 23.0 Å². The van der Waals surface area contributed by atoms with Crippen LogP contribution in [0.5, 0.6) is 0 Å². The molecule has 0 unspecified atom stereocenters. The molecule has 0 saturated carbocycles. The van der Waals surface area contributed by atoms with Crippen molar-refractivity contribution in [3.05, 3.63) is 17.1 Å². The van der Waals surface area contributed by atoms with Gasteiger partial charge in [0, 0.05) is 11.6 Å². The number of aromatic nitrogens is 1. The second-order valence-electron chi connectivity index (χ2n) is 2.11. The third-order valence-corrected chi connectivity index (χ3v) is 1.72. The largest absolute Gasteiger partial charge is 0.201 e. The summed E-state index contributed by atoms with van der Waals surface area (Å²) in [6.45, 7) is 12.3. The van der Waals surface area contributed by atoms with Gasteiger partial charge in [0.25, 0.3) is 0 Å². The van der Waals surface area contributed by atoms with Crippen LogP contribution in [0.4, 0.5) is 0 Å². The lowest BCUT2D eigenvalue weighted by molar-refractivity contribution is 0.869. The van der Waals surface area contributed by atoms with Gasteiger partial charge in [-0.1, -0.05) is 41.5 Å².